The highest BCUT2D eigenvalue weighted by molar-refractivity contribution is 7.13. The zero-order chi connectivity index (χ0) is 16.2. The number of amides is 1. The summed E-state index contributed by atoms with van der Waals surface area (Å²) in [5, 5.41) is 6.34. The van der Waals surface area contributed by atoms with Crippen molar-refractivity contribution in [2.45, 2.75) is 13.3 Å². The fraction of sp³-hybridized carbons (Fsp3) is 0.111. The topological polar surface area (TPSA) is 42.0 Å². The largest absolute Gasteiger partial charge is 0.325 e. The zero-order valence-electron chi connectivity index (χ0n) is 12.5. The molecule has 0 saturated heterocycles. The third-order valence-corrected chi connectivity index (χ3v) is 4.56. The predicted octanol–water partition coefficient (Wildman–Crippen LogP) is 4.95. The number of rotatable bonds is 4. The number of nitrogens with zero attached hydrogens (tertiary/aromatic N) is 1. The first-order chi connectivity index (χ1) is 11.1. The van der Waals surface area contributed by atoms with Gasteiger partial charge in [-0.3, -0.25) is 4.79 Å². The molecule has 1 N–H and O–H groups in total. The Morgan fingerprint density at radius 1 is 1.22 bits per heavy atom. The van der Waals surface area contributed by atoms with E-state index in [0.29, 0.717) is 5.02 Å². The summed E-state index contributed by atoms with van der Waals surface area (Å²) < 4.78 is 0. The lowest BCUT2D eigenvalue weighted by Gasteiger charge is -2.08. The summed E-state index contributed by atoms with van der Waals surface area (Å²) >= 11 is 7.51. The van der Waals surface area contributed by atoms with E-state index in [4.69, 9.17) is 11.6 Å². The van der Waals surface area contributed by atoms with Crippen molar-refractivity contribution in [3.05, 3.63) is 70.2 Å². The van der Waals surface area contributed by atoms with Gasteiger partial charge in [0.15, 0.2) is 0 Å². The fourth-order valence-corrected chi connectivity index (χ4v) is 3.19. The molecule has 116 valence electrons. The molecule has 0 radical (unpaired) electrons. The summed E-state index contributed by atoms with van der Waals surface area (Å²) in [7, 11) is 0. The minimum Gasteiger partial charge on any atom is -0.325 e. The lowest BCUT2D eigenvalue weighted by atomic mass is 10.2. The molecular formula is C18H15ClN2OS. The SMILES string of the molecule is Cc1ccc(Cl)cc1NC(=O)Cc1csc(-c2ccccc2)n1. The van der Waals surface area contributed by atoms with Gasteiger partial charge in [-0.2, -0.15) is 0 Å². The van der Waals surface area contributed by atoms with Crippen molar-refractivity contribution in [2.75, 3.05) is 5.32 Å². The highest BCUT2D eigenvalue weighted by atomic mass is 35.5. The van der Waals surface area contributed by atoms with Crippen LogP contribution in [0.25, 0.3) is 10.6 Å². The lowest BCUT2D eigenvalue weighted by Crippen LogP contribution is -2.15. The maximum atomic E-state index is 12.2. The highest BCUT2D eigenvalue weighted by Gasteiger charge is 2.10. The van der Waals surface area contributed by atoms with Gasteiger partial charge in [-0.1, -0.05) is 48.0 Å². The van der Waals surface area contributed by atoms with Crippen LogP contribution in [0, 0.1) is 6.92 Å². The van der Waals surface area contributed by atoms with Gasteiger partial charge in [-0.15, -0.1) is 11.3 Å². The van der Waals surface area contributed by atoms with Crippen molar-refractivity contribution in [1.82, 2.24) is 4.98 Å². The van der Waals surface area contributed by atoms with Crippen LogP contribution in [0.3, 0.4) is 0 Å². The van der Waals surface area contributed by atoms with E-state index in [2.05, 4.69) is 10.3 Å². The van der Waals surface area contributed by atoms with Gasteiger partial charge in [-0.05, 0) is 24.6 Å². The van der Waals surface area contributed by atoms with Gasteiger partial charge in [0.1, 0.15) is 5.01 Å². The summed E-state index contributed by atoms with van der Waals surface area (Å²) in [5.41, 5.74) is 3.55. The summed E-state index contributed by atoms with van der Waals surface area (Å²) in [4.78, 5) is 16.7. The van der Waals surface area contributed by atoms with Gasteiger partial charge in [0, 0.05) is 21.7 Å². The molecule has 5 heteroatoms. The molecule has 0 unspecified atom stereocenters. The highest BCUT2D eigenvalue weighted by Crippen LogP contribution is 2.24. The molecule has 0 aliphatic heterocycles. The molecule has 3 rings (SSSR count). The average Bonchev–Trinajstić information content (AvgIpc) is 3.00. The van der Waals surface area contributed by atoms with Crippen LogP contribution in [0.2, 0.25) is 5.02 Å². The molecule has 0 spiro atoms. The van der Waals surface area contributed by atoms with Gasteiger partial charge in [0.05, 0.1) is 12.1 Å². The quantitative estimate of drug-likeness (QED) is 0.728. The van der Waals surface area contributed by atoms with Crippen LogP contribution in [0.1, 0.15) is 11.3 Å². The second-order valence-corrected chi connectivity index (χ2v) is 6.49. The Hall–Kier alpha value is -2.17. The number of hydrogen-bond donors (Lipinski definition) is 1. The van der Waals surface area contributed by atoms with Crippen molar-refractivity contribution in [3.63, 3.8) is 0 Å². The Morgan fingerprint density at radius 2 is 2.00 bits per heavy atom. The summed E-state index contributed by atoms with van der Waals surface area (Å²) in [6, 6.07) is 15.4. The van der Waals surface area contributed by atoms with E-state index in [1.807, 2.05) is 48.7 Å². The zero-order valence-corrected chi connectivity index (χ0v) is 14.1. The second-order valence-electron chi connectivity index (χ2n) is 5.19. The van der Waals surface area contributed by atoms with Gasteiger partial charge in [0.25, 0.3) is 0 Å². The Bertz CT molecular complexity index is 830. The Kier molecular flexibility index (Phi) is 4.74. The molecule has 0 saturated carbocycles. The molecule has 23 heavy (non-hydrogen) atoms. The first-order valence-corrected chi connectivity index (χ1v) is 8.43. The van der Waals surface area contributed by atoms with E-state index in [1.54, 1.807) is 23.5 Å². The van der Waals surface area contributed by atoms with Crippen LogP contribution in [-0.4, -0.2) is 10.9 Å². The van der Waals surface area contributed by atoms with E-state index in [-0.39, 0.29) is 12.3 Å². The third kappa shape index (κ3) is 3.97. The number of nitrogens with one attached hydrogen (secondary N) is 1. The van der Waals surface area contributed by atoms with Gasteiger partial charge >= 0.3 is 0 Å². The number of anilines is 1. The third-order valence-electron chi connectivity index (χ3n) is 3.39. The molecule has 0 aliphatic rings. The van der Waals surface area contributed by atoms with Gasteiger partial charge in [0.2, 0.25) is 5.91 Å². The maximum Gasteiger partial charge on any atom is 0.230 e. The molecule has 2 aromatic carbocycles. The number of benzene rings is 2. The van der Waals surface area contributed by atoms with Crippen LogP contribution in [0.5, 0.6) is 0 Å². The number of aromatic nitrogens is 1. The minimum atomic E-state index is -0.0970. The monoisotopic (exact) mass is 342 g/mol. The molecule has 0 atom stereocenters. The average molecular weight is 343 g/mol. The molecule has 0 bridgehead atoms. The number of hydrogen-bond acceptors (Lipinski definition) is 3. The van der Waals surface area contributed by atoms with E-state index in [1.165, 1.54) is 0 Å². The van der Waals surface area contributed by atoms with E-state index in [0.717, 1.165) is 27.5 Å². The van der Waals surface area contributed by atoms with Crippen LogP contribution < -0.4 is 5.32 Å². The standard InChI is InChI=1S/C18H15ClN2OS/c1-12-7-8-14(19)9-16(12)21-17(22)10-15-11-23-18(20-15)13-5-3-2-4-6-13/h2-9,11H,10H2,1H3,(H,21,22). The summed E-state index contributed by atoms with van der Waals surface area (Å²) in [6.45, 7) is 1.93. The minimum absolute atomic E-state index is 0.0970. The molecule has 0 aliphatic carbocycles. The lowest BCUT2D eigenvalue weighted by molar-refractivity contribution is -0.115. The first kappa shape index (κ1) is 15.7. The molecule has 1 aromatic heterocycles. The van der Waals surface area contributed by atoms with E-state index in [9.17, 15) is 4.79 Å². The number of thiazole rings is 1. The number of halogens is 1. The maximum absolute atomic E-state index is 12.2. The predicted molar refractivity (Wildman–Crippen MR) is 96.1 cm³/mol. The molecule has 3 aromatic rings. The molecule has 1 amide bonds. The number of aryl methyl sites for hydroxylation is 1. The van der Waals surface area contributed by atoms with E-state index < -0.39 is 0 Å². The van der Waals surface area contributed by atoms with Crippen LogP contribution >= 0.6 is 22.9 Å². The number of carbonyl (C=O) groups excluding carboxylic acids is 1. The molecule has 1 heterocycles. The fourth-order valence-electron chi connectivity index (χ4n) is 2.19. The summed E-state index contributed by atoms with van der Waals surface area (Å²) in [6.07, 6.45) is 0.245. The van der Waals surface area contributed by atoms with Crippen molar-refractivity contribution in [2.24, 2.45) is 0 Å². The Labute approximate surface area is 144 Å². The number of carbonyl (C=O) groups is 1. The Morgan fingerprint density at radius 3 is 2.78 bits per heavy atom. The van der Waals surface area contributed by atoms with Crippen molar-refractivity contribution in [3.8, 4) is 10.6 Å². The van der Waals surface area contributed by atoms with Gasteiger partial charge in [-0.25, -0.2) is 4.98 Å². The normalized spacial score (nSPS) is 10.5. The van der Waals surface area contributed by atoms with Crippen LogP contribution in [-0.2, 0) is 11.2 Å². The van der Waals surface area contributed by atoms with Crippen LogP contribution in [0.15, 0.2) is 53.9 Å². The first-order valence-electron chi connectivity index (χ1n) is 7.17. The summed E-state index contributed by atoms with van der Waals surface area (Å²) in [5.74, 6) is -0.0970. The van der Waals surface area contributed by atoms with Crippen molar-refractivity contribution < 1.29 is 4.79 Å². The van der Waals surface area contributed by atoms with Crippen LogP contribution in [0.4, 0.5) is 5.69 Å². The van der Waals surface area contributed by atoms with E-state index >= 15 is 0 Å². The van der Waals surface area contributed by atoms with Gasteiger partial charge < -0.3 is 5.32 Å². The molecular weight excluding hydrogens is 328 g/mol. The van der Waals surface area contributed by atoms with Crippen molar-refractivity contribution >= 4 is 34.5 Å². The Balaban J connectivity index is 1.69. The second kappa shape index (κ2) is 6.94. The molecule has 3 nitrogen and oxygen atoms in total. The molecule has 0 fully saturated rings. The smallest absolute Gasteiger partial charge is 0.230 e. The van der Waals surface area contributed by atoms with Crippen molar-refractivity contribution in [1.29, 1.82) is 0 Å².